The Morgan fingerprint density at radius 1 is 0.621 bits per heavy atom. The van der Waals surface area contributed by atoms with Gasteiger partial charge in [-0.2, -0.15) is 0 Å². The molecule has 148 valence electrons. The average molecular weight is 670 g/mol. The Morgan fingerprint density at radius 2 is 1.00 bits per heavy atom. The van der Waals surface area contributed by atoms with Gasteiger partial charge >= 0.3 is 11.3 Å². The first-order valence-corrected chi connectivity index (χ1v) is 12.3. The molecule has 0 aliphatic rings. The third-order valence-electron chi connectivity index (χ3n) is 4.02. The van der Waals surface area contributed by atoms with Gasteiger partial charge in [-0.15, -0.1) is 0 Å². The van der Waals surface area contributed by atoms with Crippen molar-refractivity contribution in [2.45, 2.75) is 9.79 Å². The van der Waals surface area contributed by atoms with E-state index in [0.29, 0.717) is 28.7 Å². The van der Waals surface area contributed by atoms with Crippen LogP contribution in [-0.2, 0) is 9.84 Å². The number of rotatable bonds is 2. The zero-order chi connectivity index (χ0) is 21.1. The van der Waals surface area contributed by atoms with Crippen molar-refractivity contribution in [1.82, 2.24) is 0 Å². The molecule has 0 N–H and O–H groups in total. The summed E-state index contributed by atoms with van der Waals surface area (Å²) in [5.74, 6) is 0. The van der Waals surface area contributed by atoms with Crippen molar-refractivity contribution in [1.29, 1.82) is 0 Å². The number of hydrogen-bond acceptors (Lipinski definition) is 6. The van der Waals surface area contributed by atoms with Crippen LogP contribution in [0.15, 0.2) is 82.5 Å². The Bertz CT molecular complexity index is 1440. The largest absolute Gasteiger partial charge is 0.421 e. The molecule has 2 aromatic carbocycles. The molecule has 0 bridgehead atoms. The zero-order valence-corrected chi connectivity index (χ0v) is 21.0. The molecule has 29 heavy (non-hydrogen) atoms. The van der Waals surface area contributed by atoms with Gasteiger partial charge in [-0.1, -0.05) is 31.9 Å². The van der Waals surface area contributed by atoms with Gasteiger partial charge in [-0.05, 0) is 68.3 Å². The topological polar surface area (TPSA) is 94.6 Å². The smallest absolute Gasteiger partial charge is 0.355 e. The summed E-state index contributed by atoms with van der Waals surface area (Å²) in [4.78, 5) is 23.6. The van der Waals surface area contributed by atoms with Gasteiger partial charge in [0, 0.05) is 19.7 Å². The molecule has 6 nitrogen and oxygen atoms in total. The fourth-order valence-electron chi connectivity index (χ4n) is 2.77. The average Bonchev–Trinajstić information content (AvgIpc) is 2.62. The first-order chi connectivity index (χ1) is 13.6. The van der Waals surface area contributed by atoms with Crippen molar-refractivity contribution in [3.63, 3.8) is 0 Å². The molecule has 2 heterocycles. The van der Waals surface area contributed by atoms with E-state index in [1.165, 1.54) is 12.1 Å². The minimum atomic E-state index is -4.51. The number of fused-ring (bicyclic) bond motifs is 2. The molecule has 0 radical (unpaired) electrons. The maximum Gasteiger partial charge on any atom is 0.355 e. The van der Waals surface area contributed by atoms with Crippen LogP contribution in [-0.4, -0.2) is 8.42 Å². The number of halogens is 4. The first kappa shape index (κ1) is 21.0. The van der Waals surface area contributed by atoms with Gasteiger partial charge in [0.05, 0.1) is 8.95 Å². The van der Waals surface area contributed by atoms with Crippen LogP contribution in [0.2, 0.25) is 0 Å². The molecule has 0 amide bonds. The third-order valence-corrected chi connectivity index (χ3v) is 7.84. The predicted octanol–water partition coefficient (Wildman–Crippen LogP) is 5.78. The number of hydrogen-bond donors (Lipinski definition) is 0. The van der Waals surface area contributed by atoms with Crippen molar-refractivity contribution in [2.75, 3.05) is 0 Å². The molecule has 0 aliphatic carbocycles. The Hall–Kier alpha value is -1.27. The second-order valence-corrected chi connectivity index (χ2v) is 11.3. The number of sulfone groups is 1. The molecule has 0 saturated carbocycles. The van der Waals surface area contributed by atoms with Crippen molar-refractivity contribution < 1.29 is 17.3 Å². The highest BCUT2D eigenvalue weighted by Gasteiger charge is 2.28. The van der Waals surface area contributed by atoms with Crippen LogP contribution in [0.5, 0.6) is 0 Å². The summed E-state index contributed by atoms with van der Waals surface area (Å²) in [5.41, 5.74) is -1.79. The summed E-state index contributed by atoms with van der Waals surface area (Å²) in [6, 6.07) is 8.86. The van der Waals surface area contributed by atoms with Crippen molar-refractivity contribution >= 4 is 95.5 Å². The lowest BCUT2D eigenvalue weighted by molar-refractivity contribution is 0.520. The molecule has 4 aromatic rings. The Morgan fingerprint density at radius 3 is 1.38 bits per heavy atom. The monoisotopic (exact) mass is 666 g/mol. The molecular formula is C18H6Br4O6S. The Balaban J connectivity index is 2.03. The summed E-state index contributed by atoms with van der Waals surface area (Å²) in [5, 5.41) is 0.722. The van der Waals surface area contributed by atoms with Crippen molar-refractivity contribution in [2.24, 2.45) is 0 Å². The molecule has 0 atom stereocenters. The second-order valence-electron chi connectivity index (χ2n) is 5.91. The molecule has 0 aliphatic heterocycles. The van der Waals surface area contributed by atoms with E-state index in [0.717, 1.165) is 0 Å². The molecule has 0 unspecified atom stereocenters. The molecule has 0 spiro atoms. The fourth-order valence-corrected chi connectivity index (χ4v) is 6.77. The molecule has 2 aromatic heterocycles. The summed E-state index contributed by atoms with van der Waals surface area (Å²) >= 11 is 13.1. The highest BCUT2D eigenvalue weighted by atomic mass is 79.9. The van der Waals surface area contributed by atoms with Crippen LogP contribution in [0.1, 0.15) is 0 Å². The normalized spacial score (nSPS) is 12.0. The number of benzene rings is 2. The van der Waals surface area contributed by atoms with Gasteiger partial charge in [0.25, 0.3) is 0 Å². The second kappa shape index (κ2) is 7.45. The van der Waals surface area contributed by atoms with E-state index < -0.39 is 30.9 Å². The minimum absolute atomic E-state index is 0.190. The van der Waals surface area contributed by atoms with Crippen molar-refractivity contribution in [3.8, 4) is 0 Å². The van der Waals surface area contributed by atoms with Crippen LogP contribution in [0, 0.1) is 0 Å². The SMILES string of the molecule is O=c1oc2c(Br)cc(Br)cc2cc1S(=O)(=O)c1cc2cc(Br)cc(Br)c2oc1=O. The molecular weight excluding hydrogens is 664 g/mol. The minimum Gasteiger partial charge on any atom is -0.421 e. The predicted molar refractivity (Wildman–Crippen MR) is 121 cm³/mol. The standard InChI is InChI=1S/C18H6Br4O6S/c19-9-1-7-3-13(17(23)27-15(7)11(21)5-9)29(25,26)14-4-8-2-10(20)6-12(22)16(8)28-18(14)24/h1-6H. The van der Waals surface area contributed by atoms with E-state index in [1.54, 1.807) is 24.3 Å². The molecule has 0 fully saturated rings. The summed E-state index contributed by atoms with van der Waals surface area (Å²) in [7, 11) is -4.51. The maximum atomic E-state index is 13.1. The maximum absolute atomic E-state index is 13.1. The van der Waals surface area contributed by atoms with Gasteiger partial charge in [-0.25, -0.2) is 18.0 Å². The van der Waals surface area contributed by atoms with E-state index >= 15 is 0 Å². The highest BCUT2D eigenvalue weighted by molar-refractivity contribution is 9.11. The molecule has 11 heteroatoms. The lowest BCUT2D eigenvalue weighted by atomic mass is 10.2. The quantitative estimate of drug-likeness (QED) is 0.251. The van der Waals surface area contributed by atoms with E-state index in [9.17, 15) is 18.0 Å². The fraction of sp³-hybridized carbons (Fsp3) is 0. The van der Waals surface area contributed by atoms with E-state index in [-0.39, 0.29) is 11.2 Å². The summed E-state index contributed by atoms with van der Waals surface area (Å²) < 4.78 is 38.9. The van der Waals surface area contributed by atoms with Crippen molar-refractivity contribution in [3.05, 3.63) is 75.1 Å². The van der Waals surface area contributed by atoms with E-state index in [1.807, 2.05) is 0 Å². The Kier molecular flexibility index (Phi) is 5.39. The zero-order valence-electron chi connectivity index (χ0n) is 13.8. The van der Waals surface area contributed by atoms with Crippen LogP contribution in [0.4, 0.5) is 0 Å². The first-order valence-electron chi connectivity index (χ1n) is 7.69. The van der Waals surface area contributed by atoms with Gasteiger partial charge in [0.2, 0.25) is 9.84 Å². The van der Waals surface area contributed by atoms with Gasteiger partial charge in [0.1, 0.15) is 0 Å². The molecule has 4 rings (SSSR count). The summed E-state index contributed by atoms with van der Waals surface area (Å²) in [6.45, 7) is 0. The van der Waals surface area contributed by atoms with Gasteiger partial charge in [-0.3, -0.25) is 0 Å². The van der Waals surface area contributed by atoms with Gasteiger partial charge in [0.15, 0.2) is 21.0 Å². The molecule has 0 saturated heterocycles. The third kappa shape index (κ3) is 3.67. The van der Waals surface area contributed by atoms with E-state index in [2.05, 4.69) is 63.7 Å². The summed E-state index contributed by atoms with van der Waals surface area (Å²) in [6.07, 6.45) is 0. The lowest BCUT2D eigenvalue weighted by Crippen LogP contribution is -2.20. The van der Waals surface area contributed by atoms with Crippen LogP contribution >= 0.6 is 63.7 Å². The van der Waals surface area contributed by atoms with Gasteiger partial charge < -0.3 is 8.83 Å². The lowest BCUT2D eigenvalue weighted by Gasteiger charge is -2.07. The van der Waals surface area contributed by atoms with Crippen LogP contribution in [0.25, 0.3) is 21.9 Å². The highest BCUT2D eigenvalue weighted by Crippen LogP contribution is 2.32. The van der Waals surface area contributed by atoms with Crippen LogP contribution in [0.3, 0.4) is 0 Å². The van der Waals surface area contributed by atoms with Crippen LogP contribution < -0.4 is 11.3 Å². The van der Waals surface area contributed by atoms with E-state index in [4.69, 9.17) is 8.83 Å². The Labute approximate surface area is 196 Å².